The van der Waals surface area contributed by atoms with Gasteiger partial charge in [-0.1, -0.05) is 11.6 Å². The van der Waals surface area contributed by atoms with Gasteiger partial charge >= 0.3 is 0 Å². The molecule has 0 spiro atoms. The Labute approximate surface area is 113 Å². The predicted octanol–water partition coefficient (Wildman–Crippen LogP) is 2.12. The third-order valence-electron chi connectivity index (χ3n) is 4.39. The monoisotopic (exact) mass is 266 g/mol. The smallest absolute Gasteiger partial charge is 0.0583 e. The van der Waals surface area contributed by atoms with Crippen LogP contribution in [0, 0.1) is 11.8 Å². The van der Waals surface area contributed by atoms with Crippen molar-refractivity contribution in [2.24, 2.45) is 11.8 Å². The van der Waals surface area contributed by atoms with Gasteiger partial charge in [0.1, 0.15) is 0 Å². The Bertz CT molecular complexity index is 451. The number of likely N-dealkylation sites (tertiary alicyclic amines) is 1. The first-order valence-electron chi connectivity index (χ1n) is 6.58. The maximum absolute atomic E-state index is 9.91. The zero-order chi connectivity index (χ0) is 12.7. The molecule has 1 aliphatic carbocycles. The summed E-state index contributed by atoms with van der Waals surface area (Å²) in [5.74, 6) is 1.13. The van der Waals surface area contributed by atoms with E-state index in [0.717, 1.165) is 48.7 Å². The van der Waals surface area contributed by atoms with Crippen LogP contribution in [-0.2, 0) is 6.54 Å². The molecule has 1 heterocycles. The van der Waals surface area contributed by atoms with E-state index < -0.39 is 0 Å². The zero-order valence-electron chi connectivity index (χ0n) is 10.3. The fraction of sp³-hybridized carbons (Fsp3) is 0.571. The molecule has 0 aromatic heterocycles. The summed E-state index contributed by atoms with van der Waals surface area (Å²) < 4.78 is 0. The lowest BCUT2D eigenvalue weighted by atomic mass is 10.00. The molecule has 3 unspecified atom stereocenters. The van der Waals surface area contributed by atoms with Gasteiger partial charge in [-0.05, 0) is 42.5 Å². The number of nitrogen functional groups attached to an aromatic ring is 1. The Balaban J connectivity index is 1.69. The maximum atomic E-state index is 9.91. The molecule has 1 aromatic rings. The summed E-state index contributed by atoms with van der Waals surface area (Å²) >= 11 is 6.01. The molecular formula is C14H19ClN2O. The van der Waals surface area contributed by atoms with E-state index in [-0.39, 0.29) is 6.10 Å². The van der Waals surface area contributed by atoms with Gasteiger partial charge in [-0.2, -0.15) is 0 Å². The summed E-state index contributed by atoms with van der Waals surface area (Å²) in [5.41, 5.74) is 7.87. The van der Waals surface area contributed by atoms with Gasteiger partial charge in [-0.25, -0.2) is 0 Å². The number of fused-ring (bicyclic) bond motifs is 1. The quantitative estimate of drug-likeness (QED) is 0.807. The summed E-state index contributed by atoms with van der Waals surface area (Å²) in [6.07, 6.45) is 2.03. The Morgan fingerprint density at radius 2 is 2.17 bits per heavy atom. The fourth-order valence-corrected chi connectivity index (χ4v) is 3.60. The highest BCUT2D eigenvalue weighted by atomic mass is 35.5. The van der Waals surface area contributed by atoms with Crippen LogP contribution in [0.3, 0.4) is 0 Å². The number of aliphatic hydroxyl groups excluding tert-OH is 1. The second-order valence-electron chi connectivity index (χ2n) is 5.61. The first-order valence-corrected chi connectivity index (χ1v) is 6.95. The van der Waals surface area contributed by atoms with Crippen LogP contribution in [0.25, 0.3) is 0 Å². The summed E-state index contributed by atoms with van der Waals surface area (Å²) in [6, 6.07) is 5.63. The molecule has 1 saturated carbocycles. The molecular weight excluding hydrogens is 248 g/mol. The van der Waals surface area contributed by atoms with Crippen LogP contribution in [0.5, 0.6) is 0 Å². The van der Waals surface area contributed by atoms with Crippen molar-refractivity contribution in [2.45, 2.75) is 25.5 Å². The van der Waals surface area contributed by atoms with Gasteiger partial charge in [0.25, 0.3) is 0 Å². The predicted molar refractivity (Wildman–Crippen MR) is 73.4 cm³/mol. The average molecular weight is 267 g/mol. The van der Waals surface area contributed by atoms with Crippen molar-refractivity contribution in [2.75, 3.05) is 18.8 Å². The van der Waals surface area contributed by atoms with Crippen molar-refractivity contribution in [3.05, 3.63) is 28.8 Å². The Morgan fingerprint density at radius 3 is 2.94 bits per heavy atom. The molecule has 0 radical (unpaired) electrons. The molecule has 2 aliphatic rings. The molecule has 1 aliphatic heterocycles. The van der Waals surface area contributed by atoms with E-state index in [1.807, 2.05) is 18.2 Å². The molecule has 1 saturated heterocycles. The van der Waals surface area contributed by atoms with Gasteiger partial charge in [0.05, 0.1) is 6.10 Å². The van der Waals surface area contributed by atoms with E-state index in [4.69, 9.17) is 17.3 Å². The number of rotatable bonds is 2. The molecule has 0 bridgehead atoms. The van der Waals surface area contributed by atoms with Crippen molar-refractivity contribution in [1.82, 2.24) is 4.90 Å². The van der Waals surface area contributed by atoms with E-state index in [9.17, 15) is 5.11 Å². The molecule has 3 nitrogen and oxygen atoms in total. The molecule has 1 aromatic carbocycles. The summed E-state index contributed by atoms with van der Waals surface area (Å²) in [7, 11) is 0. The van der Waals surface area contributed by atoms with E-state index in [2.05, 4.69) is 4.90 Å². The van der Waals surface area contributed by atoms with Crippen molar-refractivity contribution >= 4 is 17.3 Å². The number of benzene rings is 1. The molecule has 2 fully saturated rings. The number of hydrogen-bond donors (Lipinski definition) is 2. The molecule has 3 rings (SSSR count). The third kappa shape index (κ3) is 2.22. The Kier molecular flexibility index (Phi) is 3.22. The molecule has 0 amide bonds. The maximum Gasteiger partial charge on any atom is 0.0583 e. The summed E-state index contributed by atoms with van der Waals surface area (Å²) in [4.78, 5) is 2.39. The number of hydrogen-bond acceptors (Lipinski definition) is 3. The second kappa shape index (κ2) is 4.72. The van der Waals surface area contributed by atoms with Crippen LogP contribution < -0.4 is 5.73 Å². The number of nitrogens with zero attached hydrogens (tertiary/aromatic N) is 1. The number of nitrogens with two attached hydrogens (primary N) is 1. The van der Waals surface area contributed by atoms with Gasteiger partial charge in [0, 0.05) is 36.3 Å². The van der Waals surface area contributed by atoms with E-state index >= 15 is 0 Å². The largest absolute Gasteiger partial charge is 0.398 e. The van der Waals surface area contributed by atoms with Crippen LogP contribution in [0.15, 0.2) is 18.2 Å². The Hall–Kier alpha value is -0.770. The molecule has 18 heavy (non-hydrogen) atoms. The first kappa shape index (κ1) is 12.3. The van der Waals surface area contributed by atoms with Gasteiger partial charge in [-0.15, -0.1) is 0 Å². The number of halogens is 1. The molecule has 3 N–H and O–H groups in total. The SMILES string of the molecule is Nc1ccc(Cl)cc1CN1CC2CCC(O)C2C1. The standard InChI is InChI=1S/C14H19ClN2O/c15-11-2-3-13(16)10(5-11)7-17-6-9-1-4-14(18)12(9)8-17/h2-3,5,9,12,14,18H,1,4,6-8,16H2. The van der Waals surface area contributed by atoms with Gasteiger partial charge in [0.2, 0.25) is 0 Å². The zero-order valence-corrected chi connectivity index (χ0v) is 11.1. The van der Waals surface area contributed by atoms with Gasteiger partial charge in [-0.3, -0.25) is 4.90 Å². The lowest BCUT2D eigenvalue weighted by Crippen LogP contribution is -2.24. The third-order valence-corrected chi connectivity index (χ3v) is 4.63. The van der Waals surface area contributed by atoms with Gasteiger partial charge in [0.15, 0.2) is 0 Å². The first-order chi connectivity index (χ1) is 8.63. The number of aliphatic hydroxyl groups is 1. The van der Waals surface area contributed by atoms with Crippen LogP contribution in [0.2, 0.25) is 5.02 Å². The minimum Gasteiger partial charge on any atom is -0.398 e. The van der Waals surface area contributed by atoms with E-state index in [1.165, 1.54) is 0 Å². The highest BCUT2D eigenvalue weighted by Gasteiger charge is 2.41. The van der Waals surface area contributed by atoms with Crippen LogP contribution in [-0.4, -0.2) is 29.2 Å². The van der Waals surface area contributed by atoms with Crippen LogP contribution >= 0.6 is 11.6 Å². The lowest BCUT2D eigenvalue weighted by Gasteiger charge is -2.19. The fourth-order valence-electron chi connectivity index (χ4n) is 3.41. The molecule has 4 heteroatoms. The van der Waals surface area contributed by atoms with Crippen LogP contribution in [0.4, 0.5) is 5.69 Å². The average Bonchev–Trinajstić information content (AvgIpc) is 2.87. The molecule has 98 valence electrons. The normalized spacial score (nSPS) is 31.8. The van der Waals surface area contributed by atoms with Crippen molar-refractivity contribution in [1.29, 1.82) is 0 Å². The van der Waals surface area contributed by atoms with Crippen LogP contribution in [0.1, 0.15) is 18.4 Å². The van der Waals surface area contributed by atoms with E-state index in [1.54, 1.807) is 0 Å². The summed E-state index contributed by atoms with van der Waals surface area (Å²) in [5, 5.41) is 10.6. The summed E-state index contributed by atoms with van der Waals surface area (Å²) in [6.45, 7) is 2.90. The lowest BCUT2D eigenvalue weighted by molar-refractivity contribution is 0.123. The Morgan fingerprint density at radius 1 is 1.33 bits per heavy atom. The second-order valence-corrected chi connectivity index (χ2v) is 6.04. The van der Waals surface area contributed by atoms with Crippen molar-refractivity contribution in [3.63, 3.8) is 0 Å². The minimum absolute atomic E-state index is 0.100. The molecule has 3 atom stereocenters. The topological polar surface area (TPSA) is 49.5 Å². The van der Waals surface area contributed by atoms with Crippen molar-refractivity contribution < 1.29 is 5.11 Å². The highest BCUT2D eigenvalue weighted by molar-refractivity contribution is 6.30. The van der Waals surface area contributed by atoms with Crippen molar-refractivity contribution in [3.8, 4) is 0 Å². The minimum atomic E-state index is -0.100. The van der Waals surface area contributed by atoms with Gasteiger partial charge < -0.3 is 10.8 Å². The van der Waals surface area contributed by atoms with E-state index in [0.29, 0.717) is 11.8 Å². The number of anilines is 1. The highest BCUT2D eigenvalue weighted by Crippen LogP contribution is 2.38.